The number of halogens is 1. The number of thioether (sulfide) groups is 1. The van der Waals surface area contributed by atoms with Gasteiger partial charge in [-0.05, 0) is 19.6 Å². The quantitative estimate of drug-likeness (QED) is 0.805. The molecule has 1 atom stereocenters. The molecule has 0 bridgehead atoms. The van der Waals surface area contributed by atoms with Crippen LogP contribution in [0.3, 0.4) is 0 Å². The summed E-state index contributed by atoms with van der Waals surface area (Å²) in [6, 6.07) is 0. The molecule has 1 aromatic rings. The molecule has 1 N–H and O–H groups in total. The van der Waals surface area contributed by atoms with E-state index < -0.39 is 0 Å². The number of anilines is 1. The monoisotopic (exact) mass is 273 g/mol. The lowest BCUT2D eigenvalue weighted by molar-refractivity contribution is 0.829. The molecule has 1 heterocycles. The van der Waals surface area contributed by atoms with E-state index in [0.717, 1.165) is 36.6 Å². The van der Waals surface area contributed by atoms with E-state index in [0.29, 0.717) is 10.4 Å². The molecule has 96 valence electrons. The number of rotatable bonds is 6. The maximum absolute atomic E-state index is 6.11. The van der Waals surface area contributed by atoms with Crippen molar-refractivity contribution >= 4 is 29.2 Å². The van der Waals surface area contributed by atoms with Crippen LogP contribution in [0.5, 0.6) is 0 Å². The van der Waals surface area contributed by atoms with Crippen molar-refractivity contribution in [2.75, 3.05) is 18.1 Å². The number of nitrogens with one attached hydrogen (secondary N) is 1. The first-order valence-corrected chi connectivity index (χ1v) is 7.54. The van der Waals surface area contributed by atoms with E-state index in [-0.39, 0.29) is 0 Å². The van der Waals surface area contributed by atoms with Gasteiger partial charge in [0.15, 0.2) is 0 Å². The van der Waals surface area contributed by atoms with E-state index in [4.69, 9.17) is 11.6 Å². The van der Waals surface area contributed by atoms with Crippen molar-refractivity contribution in [2.45, 2.75) is 38.9 Å². The Morgan fingerprint density at radius 2 is 2.12 bits per heavy atom. The molecule has 0 aliphatic heterocycles. The van der Waals surface area contributed by atoms with Gasteiger partial charge in [0.05, 0.1) is 0 Å². The van der Waals surface area contributed by atoms with E-state index in [9.17, 15) is 0 Å². The van der Waals surface area contributed by atoms with Crippen molar-refractivity contribution in [3.63, 3.8) is 0 Å². The minimum Gasteiger partial charge on any atom is -0.369 e. The second kappa shape index (κ2) is 7.07. The van der Waals surface area contributed by atoms with Gasteiger partial charge < -0.3 is 5.32 Å². The van der Waals surface area contributed by atoms with Crippen molar-refractivity contribution in [2.24, 2.45) is 0 Å². The molecule has 0 aromatic carbocycles. The van der Waals surface area contributed by atoms with E-state index in [1.54, 1.807) is 0 Å². The SMILES string of the molecule is CCCc1nc(Cl)c(C)c(NCC(C)SC)n1. The highest BCUT2D eigenvalue weighted by Gasteiger charge is 2.09. The second-order valence-corrected chi connectivity index (χ2v) is 5.72. The fraction of sp³-hybridized carbons (Fsp3) is 0.667. The first kappa shape index (κ1) is 14.6. The highest BCUT2D eigenvalue weighted by atomic mass is 35.5. The second-order valence-electron chi connectivity index (χ2n) is 4.08. The molecule has 0 spiro atoms. The van der Waals surface area contributed by atoms with Crippen molar-refractivity contribution in [3.8, 4) is 0 Å². The van der Waals surface area contributed by atoms with Crippen LogP contribution >= 0.6 is 23.4 Å². The molecular weight excluding hydrogens is 254 g/mol. The van der Waals surface area contributed by atoms with Gasteiger partial charge >= 0.3 is 0 Å². The Labute approximate surface area is 113 Å². The fourth-order valence-corrected chi connectivity index (χ4v) is 1.80. The van der Waals surface area contributed by atoms with E-state index in [2.05, 4.69) is 35.4 Å². The standard InChI is InChI=1S/C12H20ClN3S/c1-5-6-10-15-11(13)9(3)12(16-10)14-7-8(2)17-4/h8H,5-7H2,1-4H3,(H,14,15,16). The van der Waals surface area contributed by atoms with Gasteiger partial charge in [0.2, 0.25) is 0 Å². The summed E-state index contributed by atoms with van der Waals surface area (Å²) in [5.41, 5.74) is 0.930. The summed E-state index contributed by atoms with van der Waals surface area (Å²) in [7, 11) is 0. The van der Waals surface area contributed by atoms with E-state index in [1.165, 1.54) is 0 Å². The third-order valence-corrected chi connectivity index (χ3v) is 3.91. The van der Waals surface area contributed by atoms with Gasteiger partial charge in [-0.2, -0.15) is 11.8 Å². The van der Waals surface area contributed by atoms with Crippen LogP contribution in [-0.2, 0) is 6.42 Å². The zero-order valence-corrected chi connectivity index (χ0v) is 12.5. The molecule has 0 fully saturated rings. The molecule has 0 aliphatic carbocycles. The molecule has 1 aromatic heterocycles. The Kier molecular flexibility index (Phi) is 6.06. The maximum atomic E-state index is 6.11. The Morgan fingerprint density at radius 1 is 1.41 bits per heavy atom. The summed E-state index contributed by atoms with van der Waals surface area (Å²) < 4.78 is 0. The minimum atomic E-state index is 0.553. The normalized spacial score (nSPS) is 12.5. The third kappa shape index (κ3) is 4.36. The van der Waals surface area contributed by atoms with Crippen LogP contribution in [0.15, 0.2) is 0 Å². The van der Waals surface area contributed by atoms with Gasteiger partial charge in [0.25, 0.3) is 0 Å². The summed E-state index contributed by atoms with van der Waals surface area (Å²) >= 11 is 7.94. The van der Waals surface area contributed by atoms with Crippen molar-refractivity contribution < 1.29 is 0 Å². The van der Waals surface area contributed by atoms with Crippen LogP contribution < -0.4 is 5.32 Å². The maximum Gasteiger partial charge on any atom is 0.137 e. The first-order chi connectivity index (χ1) is 8.08. The van der Waals surface area contributed by atoms with Gasteiger partial charge in [0, 0.05) is 23.8 Å². The average molecular weight is 274 g/mol. The van der Waals surface area contributed by atoms with E-state index in [1.807, 2.05) is 18.7 Å². The van der Waals surface area contributed by atoms with Crippen molar-refractivity contribution in [3.05, 3.63) is 16.5 Å². The lowest BCUT2D eigenvalue weighted by Crippen LogP contribution is -2.15. The number of aryl methyl sites for hydroxylation is 1. The largest absolute Gasteiger partial charge is 0.369 e. The number of hydrogen-bond donors (Lipinski definition) is 1. The molecule has 1 rings (SSSR count). The van der Waals surface area contributed by atoms with Crippen LogP contribution in [0.1, 0.15) is 31.7 Å². The number of aromatic nitrogens is 2. The number of hydrogen-bond acceptors (Lipinski definition) is 4. The third-order valence-electron chi connectivity index (χ3n) is 2.57. The molecule has 0 amide bonds. The van der Waals surface area contributed by atoms with Crippen LogP contribution in [0.2, 0.25) is 5.15 Å². The molecule has 0 aliphatic rings. The molecule has 3 nitrogen and oxygen atoms in total. The first-order valence-electron chi connectivity index (χ1n) is 5.88. The Morgan fingerprint density at radius 3 is 2.71 bits per heavy atom. The summed E-state index contributed by atoms with van der Waals surface area (Å²) in [4.78, 5) is 8.79. The topological polar surface area (TPSA) is 37.8 Å². The fourth-order valence-electron chi connectivity index (χ4n) is 1.36. The summed E-state index contributed by atoms with van der Waals surface area (Å²) in [6.07, 6.45) is 4.00. The minimum absolute atomic E-state index is 0.553. The zero-order valence-electron chi connectivity index (χ0n) is 10.9. The predicted molar refractivity (Wildman–Crippen MR) is 77.2 cm³/mol. The molecule has 17 heavy (non-hydrogen) atoms. The lowest BCUT2D eigenvalue weighted by atomic mass is 10.3. The van der Waals surface area contributed by atoms with Crippen LogP contribution in [0.25, 0.3) is 0 Å². The number of nitrogens with zero attached hydrogens (tertiary/aromatic N) is 2. The smallest absolute Gasteiger partial charge is 0.137 e. The van der Waals surface area contributed by atoms with Gasteiger partial charge in [0.1, 0.15) is 16.8 Å². The molecular formula is C12H20ClN3S. The van der Waals surface area contributed by atoms with E-state index >= 15 is 0 Å². The van der Waals surface area contributed by atoms with Crippen LogP contribution in [0, 0.1) is 6.92 Å². The van der Waals surface area contributed by atoms with Gasteiger partial charge in [-0.1, -0.05) is 25.4 Å². The van der Waals surface area contributed by atoms with Crippen LogP contribution in [0.4, 0.5) is 5.82 Å². The van der Waals surface area contributed by atoms with Gasteiger partial charge in [-0.15, -0.1) is 0 Å². The summed E-state index contributed by atoms with van der Waals surface area (Å²) in [5.74, 6) is 1.69. The molecule has 0 saturated carbocycles. The lowest BCUT2D eigenvalue weighted by Gasteiger charge is -2.13. The summed E-state index contributed by atoms with van der Waals surface area (Å²) in [6.45, 7) is 7.13. The summed E-state index contributed by atoms with van der Waals surface area (Å²) in [5, 5.41) is 4.46. The van der Waals surface area contributed by atoms with Crippen molar-refractivity contribution in [1.29, 1.82) is 0 Å². The van der Waals surface area contributed by atoms with Crippen molar-refractivity contribution in [1.82, 2.24) is 9.97 Å². The van der Waals surface area contributed by atoms with Crippen LogP contribution in [-0.4, -0.2) is 28.0 Å². The highest BCUT2D eigenvalue weighted by Crippen LogP contribution is 2.20. The molecule has 0 saturated heterocycles. The predicted octanol–water partition coefficient (Wildman–Crippen LogP) is 3.55. The van der Waals surface area contributed by atoms with Gasteiger partial charge in [-0.3, -0.25) is 0 Å². The van der Waals surface area contributed by atoms with Gasteiger partial charge in [-0.25, -0.2) is 9.97 Å². The zero-order chi connectivity index (χ0) is 12.8. The molecule has 0 radical (unpaired) electrons. The Balaban J connectivity index is 2.82. The average Bonchev–Trinajstić information content (AvgIpc) is 2.31. The Hall–Kier alpha value is -0.480. The highest BCUT2D eigenvalue weighted by molar-refractivity contribution is 7.99. The Bertz CT molecular complexity index is 371. The molecule has 5 heteroatoms. The molecule has 1 unspecified atom stereocenters.